The molecule has 3 aliphatic heterocycles. The summed E-state index contributed by atoms with van der Waals surface area (Å²) in [4.78, 5) is 0. The van der Waals surface area contributed by atoms with Gasteiger partial charge in [0.05, 0.1) is 0 Å². The molecule has 0 N–H and O–H groups in total. The SMILES string of the molecule is F[N+]12CC[N+](CCl)(CC1)CC2c1ccccc1. The summed E-state index contributed by atoms with van der Waals surface area (Å²) in [6, 6.07) is 10.6. The largest absolute Gasteiger partial charge is 0.296 e. The van der Waals surface area contributed by atoms with E-state index in [1.165, 1.54) is 0 Å². The number of rotatable bonds is 2. The van der Waals surface area contributed by atoms with Gasteiger partial charge in [0.15, 0.2) is 25.1 Å². The molecule has 2 bridgehead atoms. The van der Waals surface area contributed by atoms with Crippen LogP contribution < -0.4 is 0 Å². The lowest BCUT2D eigenvalue weighted by Gasteiger charge is -2.52. The Labute approximate surface area is 106 Å². The van der Waals surface area contributed by atoms with Crippen LogP contribution in [0.25, 0.3) is 0 Å². The number of piperazine rings is 3. The van der Waals surface area contributed by atoms with Crippen LogP contribution in [-0.2, 0) is 0 Å². The van der Waals surface area contributed by atoms with Crippen molar-refractivity contribution in [3.63, 3.8) is 0 Å². The average molecular weight is 257 g/mol. The number of alkyl halides is 1. The zero-order valence-corrected chi connectivity index (χ0v) is 10.6. The lowest BCUT2D eigenvalue weighted by atomic mass is 9.97. The Bertz CT molecular complexity index is 401. The molecule has 4 rings (SSSR count). The van der Waals surface area contributed by atoms with E-state index in [2.05, 4.69) is 0 Å². The summed E-state index contributed by atoms with van der Waals surface area (Å²) in [7, 11) is 0. The van der Waals surface area contributed by atoms with Gasteiger partial charge in [-0.25, -0.2) is 0 Å². The fraction of sp³-hybridized carbons (Fsp3) is 0.538. The Balaban J connectivity index is 1.95. The van der Waals surface area contributed by atoms with Gasteiger partial charge in [-0.1, -0.05) is 41.9 Å². The van der Waals surface area contributed by atoms with Crippen LogP contribution in [0, 0.1) is 0 Å². The highest BCUT2D eigenvalue weighted by molar-refractivity contribution is 6.17. The Morgan fingerprint density at radius 1 is 1.12 bits per heavy atom. The fourth-order valence-electron chi connectivity index (χ4n) is 3.20. The first-order valence-corrected chi connectivity index (χ1v) is 6.73. The van der Waals surface area contributed by atoms with Crippen LogP contribution in [0.5, 0.6) is 0 Å². The Kier molecular flexibility index (Phi) is 2.65. The minimum absolute atomic E-state index is 0.0301. The molecule has 4 heteroatoms. The van der Waals surface area contributed by atoms with Gasteiger partial charge in [0, 0.05) is 5.56 Å². The van der Waals surface area contributed by atoms with Gasteiger partial charge in [-0.3, -0.25) is 4.48 Å². The van der Waals surface area contributed by atoms with Crippen LogP contribution in [0.3, 0.4) is 0 Å². The molecule has 1 aromatic rings. The standard InChI is InChI=1S/C13H18ClFN2/c14-11-16-6-8-17(15,9-7-16)13(10-16)12-4-2-1-3-5-12/h1-5,13H,6-11H2/q+2. The van der Waals surface area contributed by atoms with Crippen LogP contribution in [0.15, 0.2) is 30.3 Å². The van der Waals surface area contributed by atoms with Crippen LogP contribution in [0.1, 0.15) is 11.6 Å². The molecule has 1 aromatic carbocycles. The number of quaternary nitrogens is 2. The molecule has 1 atom stereocenters. The second-order valence-corrected chi connectivity index (χ2v) is 5.63. The maximum atomic E-state index is 14.9. The van der Waals surface area contributed by atoms with E-state index in [0.29, 0.717) is 19.1 Å². The second kappa shape index (κ2) is 3.94. The summed E-state index contributed by atoms with van der Waals surface area (Å²) in [5.74, 6) is 0. The van der Waals surface area contributed by atoms with Crippen molar-refractivity contribution in [2.45, 2.75) is 6.04 Å². The molecule has 0 radical (unpaired) electrons. The molecular formula is C13H18ClFN2+2. The van der Waals surface area contributed by atoms with Crippen molar-refractivity contribution in [2.24, 2.45) is 0 Å². The highest BCUT2D eigenvalue weighted by atomic mass is 35.5. The molecule has 0 saturated carbocycles. The third-order valence-electron chi connectivity index (χ3n) is 4.45. The Morgan fingerprint density at radius 3 is 2.35 bits per heavy atom. The molecule has 1 unspecified atom stereocenters. The minimum Gasteiger partial charge on any atom is -0.296 e. The smallest absolute Gasteiger partial charge is 0.200 e. The number of fused-ring (bicyclic) bond motifs is 3. The predicted octanol–water partition coefficient (Wildman–Crippen LogP) is 2.47. The quantitative estimate of drug-likeness (QED) is 0.330. The van der Waals surface area contributed by atoms with E-state index < -0.39 is 0 Å². The van der Waals surface area contributed by atoms with Crippen molar-refractivity contribution < 1.29 is 13.7 Å². The van der Waals surface area contributed by atoms with E-state index >= 15 is 0 Å². The Hall–Kier alpha value is -0.640. The number of hydrogen-bond donors (Lipinski definition) is 0. The minimum atomic E-state index is -0.291. The molecule has 3 heterocycles. The first-order valence-electron chi connectivity index (χ1n) is 6.20. The number of hydrogen-bond acceptors (Lipinski definition) is 0. The average Bonchev–Trinajstić information content (AvgIpc) is 2.40. The molecule has 92 valence electrons. The maximum absolute atomic E-state index is 14.9. The molecule has 0 amide bonds. The summed E-state index contributed by atoms with van der Waals surface area (Å²) in [5, 5.41) is 0. The summed E-state index contributed by atoms with van der Waals surface area (Å²) in [5.41, 5.74) is 1.11. The molecule has 0 aromatic heterocycles. The molecule has 3 saturated heterocycles. The Morgan fingerprint density at radius 2 is 1.76 bits per heavy atom. The second-order valence-electron chi connectivity index (χ2n) is 5.39. The van der Waals surface area contributed by atoms with Crippen LogP contribution >= 0.6 is 11.6 Å². The summed E-state index contributed by atoms with van der Waals surface area (Å²) < 4.78 is 15.5. The van der Waals surface area contributed by atoms with E-state index in [4.69, 9.17) is 11.6 Å². The highest BCUT2D eigenvalue weighted by Gasteiger charge is 2.57. The zero-order valence-electron chi connectivity index (χ0n) is 9.86. The summed E-state index contributed by atoms with van der Waals surface area (Å²) in [6.07, 6.45) is 0. The molecule has 2 nitrogen and oxygen atoms in total. The number of benzene rings is 1. The van der Waals surface area contributed by atoms with Gasteiger partial charge in [-0.2, -0.15) is 0 Å². The molecule has 3 aliphatic rings. The van der Waals surface area contributed by atoms with E-state index in [1.807, 2.05) is 30.3 Å². The van der Waals surface area contributed by atoms with E-state index in [1.54, 1.807) is 0 Å². The van der Waals surface area contributed by atoms with Crippen molar-refractivity contribution in [1.82, 2.24) is 0 Å². The molecule has 0 aliphatic carbocycles. The molecule has 17 heavy (non-hydrogen) atoms. The lowest BCUT2D eigenvalue weighted by molar-refractivity contribution is -1.17. The first kappa shape index (κ1) is 11.5. The number of nitrogens with zero attached hydrogens (tertiary/aromatic N) is 2. The van der Waals surface area contributed by atoms with Crippen molar-refractivity contribution in [3.8, 4) is 0 Å². The van der Waals surface area contributed by atoms with Gasteiger partial charge in [-0.15, -0.1) is 4.71 Å². The topological polar surface area (TPSA) is 0 Å². The van der Waals surface area contributed by atoms with Crippen LogP contribution in [0.2, 0.25) is 0 Å². The molecule has 0 spiro atoms. The monoisotopic (exact) mass is 256 g/mol. The van der Waals surface area contributed by atoms with Crippen LogP contribution in [-0.4, -0.2) is 47.9 Å². The van der Waals surface area contributed by atoms with Crippen molar-refractivity contribution in [3.05, 3.63) is 35.9 Å². The molecular weight excluding hydrogens is 239 g/mol. The van der Waals surface area contributed by atoms with Gasteiger partial charge >= 0.3 is 0 Å². The lowest BCUT2D eigenvalue weighted by Crippen LogP contribution is -2.72. The van der Waals surface area contributed by atoms with Crippen LogP contribution in [0.4, 0.5) is 4.48 Å². The van der Waals surface area contributed by atoms with E-state index in [9.17, 15) is 4.48 Å². The summed E-state index contributed by atoms with van der Waals surface area (Å²) in [6.45, 7) is 3.80. The predicted molar refractivity (Wildman–Crippen MR) is 65.9 cm³/mol. The third kappa shape index (κ3) is 1.77. The highest BCUT2D eigenvalue weighted by Crippen LogP contribution is 2.41. The van der Waals surface area contributed by atoms with E-state index in [0.717, 1.165) is 29.7 Å². The van der Waals surface area contributed by atoms with Gasteiger partial charge in [-0.05, 0) is 4.48 Å². The number of halogens is 2. The molecule has 3 fully saturated rings. The van der Waals surface area contributed by atoms with Gasteiger partial charge in [0.2, 0.25) is 0 Å². The normalized spacial score (nSPS) is 40.5. The van der Waals surface area contributed by atoms with E-state index in [-0.39, 0.29) is 10.7 Å². The van der Waals surface area contributed by atoms with Gasteiger partial charge < -0.3 is 0 Å². The maximum Gasteiger partial charge on any atom is 0.200 e. The zero-order chi connectivity index (χ0) is 11.9. The fourth-order valence-corrected chi connectivity index (χ4v) is 3.54. The van der Waals surface area contributed by atoms with Gasteiger partial charge in [0.25, 0.3) is 0 Å². The van der Waals surface area contributed by atoms with Gasteiger partial charge in [0.1, 0.15) is 19.6 Å². The first-order chi connectivity index (χ1) is 8.18. The summed E-state index contributed by atoms with van der Waals surface area (Å²) >= 11 is 6.10. The van der Waals surface area contributed by atoms with Crippen molar-refractivity contribution >= 4 is 11.6 Å². The van der Waals surface area contributed by atoms with Crippen molar-refractivity contribution in [1.29, 1.82) is 0 Å². The van der Waals surface area contributed by atoms with Crippen molar-refractivity contribution in [2.75, 3.05) is 38.7 Å². The third-order valence-corrected chi connectivity index (χ3v) is 4.96.